The minimum absolute atomic E-state index is 0.00837. The summed E-state index contributed by atoms with van der Waals surface area (Å²) in [6.07, 6.45) is 6.76. The number of hydrogen-bond acceptors (Lipinski definition) is 8. The summed E-state index contributed by atoms with van der Waals surface area (Å²) in [5, 5.41) is 0.201. The average molecular weight is 549 g/mol. The van der Waals surface area contributed by atoms with Crippen LogP contribution < -0.4 is 11.0 Å². The first-order valence-electron chi connectivity index (χ1n) is 13.1. The van der Waals surface area contributed by atoms with Gasteiger partial charge in [-0.25, -0.2) is 9.78 Å². The molecule has 210 valence electrons. The lowest BCUT2D eigenvalue weighted by Crippen LogP contribution is -2.33. The number of esters is 1. The van der Waals surface area contributed by atoms with Gasteiger partial charge < -0.3 is 23.5 Å². The lowest BCUT2D eigenvalue weighted by atomic mass is 10.2. The van der Waals surface area contributed by atoms with Gasteiger partial charge in [-0.1, -0.05) is 18.7 Å². The van der Waals surface area contributed by atoms with Crippen LogP contribution in [0.4, 0.5) is 0 Å². The maximum atomic E-state index is 13.6. The number of rotatable bonds is 10. The summed E-state index contributed by atoms with van der Waals surface area (Å²) < 4.78 is 24.6. The van der Waals surface area contributed by atoms with Gasteiger partial charge in [0, 0.05) is 26.0 Å². The van der Waals surface area contributed by atoms with Crippen molar-refractivity contribution in [3.8, 4) is 0 Å². The Hall–Kier alpha value is -4.51. The highest BCUT2D eigenvalue weighted by atomic mass is 16.7. The fraction of sp³-hybridized carbons (Fsp3) is 0.345. The van der Waals surface area contributed by atoms with Crippen LogP contribution in [0, 0.1) is 6.92 Å². The fourth-order valence-electron chi connectivity index (χ4n) is 4.29. The number of aryl methyl sites for hydroxylation is 2. The third-order valence-corrected chi connectivity index (χ3v) is 6.11. The Morgan fingerprint density at radius 3 is 2.75 bits per heavy atom. The molecule has 0 spiro atoms. The van der Waals surface area contributed by atoms with Crippen LogP contribution >= 0.6 is 0 Å². The Morgan fingerprint density at radius 2 is 2.00 bits per heavy atom. The first-order valence-corrected chi connectivity index (χ1v) is 13.1. The number of carbonyl (C=O) groups is 2. The summed E-state index contributed by atoms with van der Waals surface area (Å²) in [7, 11) is 0. The van der Waals surface area contributed by atoms with Crippen LogP contribution in [-0.2, 0) is 30.3 Å². The highest BCUT2D eigenvalue weighted by Crippen LogP contribution is 2.21. The number of pyridine rings is 2. The van der Waals surface area contributed by atoms with Crippen LogP contribution in [0.3, 0.4) is 0 Å². The normalized spacial score (nSPS) is 15.5. The smallest absolute Gasteiger partial charge is 0.341 e. The monoisotopic (exact) mass is 548 g/mol. The quantitative estimate of drug-likeness (QED) is 0.215. The van der Waals surface area contributed by atoms with E-state index in [0.717, 1.165) is 5.56 Å². The van der Waals surface area contributed by atoms with E-state index in [1.54, 1.807) is 42.0 Å². The Bertz CT molecular complexity index is 1650. The third-order valence-electron chi connectivity index (χ3n) is 6.11. The maximum Gasteiger partial charge on any atom is 0.341 e. The molecule has 0 unspecified atom stereocenters. The number of allylic oxidation sites excluding steroid dienone is 2. The summed E-state index contributed by atoms with van der Waals surface area (Å²) in [6.45, 7) is 10.4. The summed E-state index contributed by atoms with van der Waals surface area (Å²) in [6, 6.07) is 5.01. The Labute approximate surface area is 230 Å². The molecule has 3 aromatic rings. The van der Waals surface area contributed by atoms with Gasteiger partial charge in [0.05, 0.1) is 18.4 Å². The second kappa shape index (κ2) is 13.0. The predicted molar refractivity (Wildman–Crippen MR) is 147 cm³/mol. The molecule has 0 N–H and O–H groups in total. The molecule has 0 aromatic carbocycles. The van der Waals surface area contributed by atoms with Gasteiger partial charge in [-0.2, -0.15) is 4.99 Å². The zero-order valence-electron chi connectivity index (χ0n) is 22.8. The van der Waals surface area contributed by atoms with E-state index in [-0.39, 0.29) is 48.4 Å². The molecular weight excluding hydrogens is 516 g/mol. The number of ether oxygens (including phenoxy) is 4. The van der Waals surface area contributed by atoms with E-state index in [1.807, 2.05) is 19.9 Å². The van der Waals surface area contributed by atoms with Crippen molar-refractivity contribution in [1.29, 1.82) is 0 Å². The van der Waals surface area contributed by atoms with Crippen LogP contribution in [0.25, 0.3) is 16.7 Å². The van der Waals surface area contributed by atoms with Crippen molar-refractivity contribution in [3.63, 3.8) is 0 Å². The summed E-state index contributed by atoms with van der Waals surface area (Å²) in [4.78, 5) is 48.9. The molecule has 1 amide bonds. The first kappa shape index (κ1) is 28.5. The molecule has 0 aliphatic carbocycles. The molecule has 40 heavy (non-hydrogen) atoms. The van der Waals surface area contributed by atoms with Crippen LogP contribution in [0.2, 0.25) is 0 Å². The fourth-order valence-corrected chi connectivity index (χ4v) is 4.29. The molecule has 0 bridgehead atoms. The van der Waals surface area contributed by atoms with E-state index in [0.29, 0.717) is 42.4 Å². The van der Waals surface area contributed by atoms with Crippen LogP contribution in [-0.4, -0.2) is 52.4 Å². The topological polar surface area (TPSA) is 123 Å². The van der Waals surface area contributed by atoms with Crippen LogP contribution in [0.1, 0.15) is 42.6 Å². The van der Waals surface area contributed by atoms with Gasteiger partial charge in [0.25, 0.3) is 11.5 Å². The van der Waals surface area contributed by atoms with Gasteiger partial charge in [0.15, 0.2) is 17.0 Å². The number of hydrogen-bond donors (Lipinski definition) is 0. The minimum atomic E-state index is -0.703. The van der Waals surface area contributed by atoms with Crippen molar-refractivity contribution in [1.82, 2.24) is 14.0 Å². The second-order valence-corrected chi connectivity index (χ2v) is 8.79. The van der Waals surface area contributed by atoms with Gasteiger partial charge >= 0.3 is 5.97 Å². The molecule has 3 aromatic heterocycles. The zero-order valence-corrected chi connectivity index (χ0v) is 22.8. The molecular formula is C29H32N4O7. The van der Waals surface area contributed by atoms with E-state index in [4.69, 9.17) is 23.9 Å². The highest BCUT2D eigenvalue weighted by Gasteiger charge is 2.21. The average Bonchev–Trinajstić information content (AvgIpc) is 3.38. The van der Waals surface area contributed by atoms with Crippen molar-refractivity contribution in [2.24, 2.45) is 4.99 Å². The molecule has 4 heterocycles. The Kier molecular flexibility index (Phi) is 9.28. The standard InChI is InChI=1S/C29H32N4O7/c1-5-10-22-23(40-18-39-22)12-13-24(34)30-27-21(29(36)38-7-3)17-20-26(32(27)15-9-16-37-6-2)31-25-19(4)11-8-14-33(25)28(20)35/h5,8,10-12,14,17H,1,6-7,9,13,15-16,18H2,2-4H3/b22-10+,23-12+,30-27?. The van der Waals surface area contributed by atoms with Crippen molar-refractivity contribution >= 4 is 28.6 Å². The Balaban J connectivity index is 1.94. The maximum absolute atomic E-state index is 13.6. The SMILES string of the molecule is C=C/C=C1/OCO/C1=C/CC(=O)N=c1c(C(=O)OCC)cc2c(=O)n3cccc(C)c3nc2n1CCCOCC. The van der Waals surface area contributed by atoms with Gasteiger partial charge in [0.2, 0.25) is 6.79 Å². The van der Waals surface area contributed by atoms with E-state index >= 15 is 0 Å². The first-order chi connectivity index (χ1) is 19.4. The second-order valence-electron chi connectivity index (χ2n) is 8.79. The number of amides is 1. The Morgan fingerprint density at radius 1 is 1.20 bits per heavy atom. The van der Waals surface area contributed by atoms with Crippen molar-refractivity contribution in [2.75, 3.05) is 26.6 Å². The van der Waals surface area contributed by atoms with Gasteiger partial charge in [-0.3, -0.25) is 14.0 Å². The molecule has 11 nitrogen and oxygen atoms in total. The van der Waals surface area contributed by atoms with Gasteiger partial charge in [-0.15, -0.1) is 0 Å². The number of fused-ring (bicyclic) bond motifs is 2. The van der Waals surface area contributed by atoms with E-state index < -0.39 is 11.9 Å². The van der Waals surface area contributed by atoms with Crippen LogP contribution in [0.5, 0.6) is 0 Å². The number of carbonyl (C=O) groups excluding carboxylic acids is 2. The zero-order chi connectivity index (χ0) is 28.6. The summed E-state index contributed by atoms with van der Waals surface area (Å²) in [5.74, 6) is -0.393. The molecule has 1 saturated heterocycles. The molecule has 0 radical (unpaired) electrons. The van der Waals surface area contributed by atoms with E-state index in [9.17, 15) is 14.4 Å². The molecule has 1 aliphatic heterocycles. The summed E-state index contributed by atoms with van der Waals surface area (Å²) in [5.41, 5.74) is 1.25. The van der Waals surface area contributed by atoms with Crippen LogP contribution in [0.15, 0.2) is 70.5 Å². The highest BCUT2D eigenvalue weighted by molar-refractivity contribution is 5.94. The molecule has 11 heteroatoms. The van der Waals surface area contributed by atoms with Crippen molar-refractivity contribution in [3.05, 3.63) is 87.7 Å². The van der Waals surface area contributed by atoms with Crippen molar-refractivity contribution < 1.29 is 28.5 Å². The minimum Gasteiger partial charge on any atom is -0.462 e. The van der Waals surface area contributed by atoms with E-state index in [1.165, 1.54) is 10.5 Å². The molecule has 4 rings (SSSR count). The molecule has 0 saturated carbocycles. The molecule has 1 fully saturated rings. The van der Waals surface area contributed by atoms with Gasteiger partial charge in [0.1, 0.15) is 16.9 Å². The number of nitrogens with zero attached hydrogens (tertiary/aromatic N) is 4. The lowest BCUT2D eigenvalue weighted by molar-refractivity contribution is -0.117. The molecule has 1 aliphatic rings. The third kappa shape index (κ3) is 6.04. The molecule has 0 atom stereocenters. The lowest BCUT2D eigenvalue weighted by Gasteiger charge is -2.15. The predicted octanol–water partition coefficient (Wildman–Crippen LogP) is 3.34. The van der Waals surface area contributed by atoms with Gasteiger partial charge in [-0.05, 0) is 57.0 Å². The largest absolute Gasteiger partial charge is 0.462 e. The van der Waals surface area contributed by atoms with Crippen molar-refractivity contribution in [2.45, 2.75) is 40.2 Å². The van der Waals surface area contributed by atoms with E-state index in [2.05, 4.69) is 11.6 Å². The number of aromatic nitrogens is 3. The summed E-state index contributed by atoms with van der Waals surface area (Å²) >= 11 is 0.